The van der Waals surface area contributed by atoms with Gasteiger partial charge in [-0.25, -0.2) is 9.37 Å². The van der Waals surface area contributed by atoms with Gasteiger partial charge in [0.2, 0.25) is 5.95 Å². The van der Waals surface area contributed by atoms with E-state index in [4.69, 9.17) is 0 Å². The quantitative estimate of drug-likeness (QED) is 0.758. The molecule has 7 heteroatoms. The molecule has 3 aromatic rings. The highest BCUT2D eigenvalue weighted by atomic mass is 19.1. The van der Waals surface area contributed by atoms with E-state index in [9.17, 15) is 9.18 Å². The highest BCUT2D eigenvalue weighted by molar-refractivity contribution is 5.94. The Morgan fingerprint density at radius 2 is 1.82 bits per heavy atom. The van der Waals surface area contributed by atoms with Crippen LogP contribution in [-0.4, -0.2) is 54.0 Å². The van der Waals surface area contributed by atoms with E-state index in [-0.39, 0.29) is 11.7 Å². The minimum Gasteiger partial charge on any atom is -0.372 e. The predicted octanol–water partition coefficient (Wildman–Crippen LogP) is 3.08. The van der Waals surface area contributed by atoms with Crippen molar-refractivity contribution in [2.24, 2.45) is 0 Å². The summed E-state index contributed by atoms with van der Waals surface area (Å²) in [6.45, 7) is 4.02. The zero-order valence-electron chi connectivity index (χ0n) is 15.9. The standard InChI is InChI=1S/C21H22FN5O/c1-14-7-8-15(13-17(14)22)20(28)26-9-11-27(12-10-26)21-24-18-6-4-3-5-16(18)19(23-2)25-21/h3-8,13H,9-12H2,1-2H3,(H,23,24,25). The molecule has 0 aliphatic carbocycles. The van der Waals surface area contributed by atoms with Gasteiger partial charge in [0.25, 0.3) is 5.91 Å². The van der Waals surface area contributed by atoms with Gasteiger partial charge in [0.1, 0.15) is 11.6 Å². The normalized spacial score (nSPS) is 14.4. The van der Waals surface area contributed by atoms with E-state index in [1.807, 2.05) is 31.3 Å². The molecule has 0 unspecified atom stereocenters. The second-order valence-corrected chi connectivity index (χ2v) is 6.88. The van der Waals surface area contributed by atoms with Gasteiger partial charge in [-0.3, -0.25) is 4.79 Å². The second kappa shape index (κ2) is 7.42. The number of para-hydroxylation sites is 1. The van der Waals surface area contributed by atoms with Crippen molar-refractivity contribution < 1.29 is 9.18 Å². The summed E-state index contributed by atoms with van der Waals surface area (Å²) in [4.78, 5) is 25.8. The first-order valence-corrected chi connectivity index (χ1v) is 9.32. The molecular formula is C21H22FN5O. The van der Waals surface area contributed by atoms with Crippen LogP contribution in [0.15, 0.2) is 42.5 Å². The molecule has 1 aliphatic heterocycles. The molecular weight excluding hydrogens is 357 g/mol. The largest absolute Gasteiger partial charge is 0.372 e. The number of benzene rings is 2. The molecule has 28 heavy (non-hydrogen) atoms. The molecule has 1 saturated heterocycles. The average molecular weight is 379 g/mol. The van der Waals surface area contributed by atoms with E-state index in [0.717, 1.165) is 16.7 Å². The maximum Gasteiger partial charge on any atom is 0.254 e. The molecule has 1 aliphatic rings. The van der Waals surface area contributed by atoms with Crippen LogP contribution in [0.5, 0.6) is 0 Å². The topological polar surface area (TPSA) is 61.4 Å². The van der Waals surface area contributed by atoms with Crippen molar-refractivity contribution in [2.45, 2.75) is 6.92 Å². The van der Waals surface area contributed by atoms with Gasteiger partial charge in [0.05, 0.1) is 5.52 Å². The minimum absolute atomic E-state index is 0.145. The number of aromatic nitrogens is 2. The summed E-state index contributed by atoms with van der Waals surface area (Å²) in [6.07, 6.45) is 0. The molecule has 4 rings (SSSR count). The Morgan fingerprint density at radius 1 is 1.07 bits per heavy atom. The average Bonchev–Trinajstić information content (AvgIpc) is 2.74. The Hall–Kier alpha value is -3.22. The number of anilines is 2. The van der Waals surface area contributed by atoms with Crippen LogP contribution < -0.4 is 10.2 Å². The van der Waals surface area contributed by atoms with Crippen molar-refractivity contribution in [3.05, 3.63) is 59.4 Å². The summed E-state index contributed by atoms with van der Waals surface area (Å²) >= 11 is 0. The van der Waals surface area contributed by atoms with Crippen molar-refractivity contribution in [3.8, 4) is 0 Å². The van der Waals surface area contributed by atoms with Crippen LogP contribution in [-0.2, 0) is 0 Å². The van der Waals surface area contributed by atoms with Crippen LogP contribution in [0.3, 0.4) is 0 Å². The summed E-state index contributed by atoms with van der Waals surface area (Å²) in [6, 6.07) is 12.5. The van der Waals surface area contributed by atoms with Crippen LogP contribution >= 0.6 is 0 Å². The molecule has 6 nitrogen and oxygen atoms in total. The highest BCUT2D eigenvalue weighted by Crippen LogP contribution is 2.24. The summed E-state index contributed by atoms with van der Waals surface area (Å²) in [5.41, 5.74) is 1.80. The lowest BCUT2D eigenvalue weighted by Gasteiger charge is -2.35. The lowest BCUT2D eigenvalue weighted by atomic mass is 10.1. The van der Waals surface area contributed by atoms with Crippen LogP contribution in [0.2, 0.25) is 0 Å². The van der Waals surface area contributed by atoms with E-state index in [0.29, 0.717) is 43.3 Å². The lowest BCUT2D eigenvalue weighted by molar-refractivity contribution is 0.0745. The fourth-order valence-corrected chi connectivity index (χ4v) is 3.41. The summed E-state index contributed by atoms with van der Waals surface area (Å²) in [7, 11) is 1.84. The molecule has 1 amide bonds. The highest BCUT2D eigenvalue weighted by Gasteiger charge is 2.24. The zero-order valence-corrected chi connectivity index (χ0v) is 15.9. The molecule has 0 saturated carbocycles. The number of carbonyl (C=O) groups is 1. The number of hydrogen-bond acceptors (Lipinski definition) is 5. The van der Waals surface area contributed by atoms with Crippen molar-refractivity contribution >= 4 is 28.6 Å². The summed E-state index contributed by atoms with van der Waals surface area (Å²) in [5.74, 6) is 0.938. The maximum atomic E-state index is 13.8. The molecule has 0 radical (unpaired) electrons. The fraction of sp³-hybridized carbons (Fsp3) is 0.286. The number of piperazine rings is 1. The molecule has 1 fully saturated rings. The van der Waals surface area contributed by atoms with E-state index < -0.39 is 0 Å². The number of rotatable bonds is 3. The summed E-state index contributed by atoms with van der Waals surface area (Å²) in [5, 5.41) is 4.11. The Balaban J connectivity index is 1.50. The van der Waals surface area contributed by atoms with Gasteiger partial charge in [-0.15, -0.1) is 0 Å². The van der Waals surface area contributed by atoms with Crippen molar-refractivity contribution in [2.75, 3.05) is 43.4 Å². The monoisotopic (exact) mass is 379 g/mol. The van der Waals surface area contributed by atoms with Gasteiger partial charge >= 0.3 is 0 Å². The Labute approximate surface area is 163 Å². The van der Waals surface area contributed by atoms with Crippen LogP contribution in [0.1, 0.15) is 15.9 Å². The number of hydrogen-bond donors (Lipinski definition) is 1. The van der Waals surface area contributed by atoms with Crippen molar-refractivity contribution in [1.82, 2.24) is 14.9 Å². The van der Waals surface area contributed by atoms with Crippen LogP contribution in [0.25, 0.3) is 10.9 Å². The molecule has 0 spiro atoms. The van der Waals surface area contributed by atoms with Gasteiger partial charge in [0.15, 0.2) is 0 Å². The molecule has 1 N–H and O–H groups in total. The number of carbonyl (C=O) groups excluding carboxylic acids is 1. The Kier molecular flexibility index (Phi) is 4.81. The third-order valence-electron chi connectivity index (χ3n) is 5.10. The second-order valence-electron chi connectivity index (χ2n) is 6.88. The molecule has 0 atom stereocenters. The first-order valence-electron chi connectivity index (χ1n) is 9.32. The number of nitrogens with one attached hydrogen (secondary N) is 1. The zero-order chi connectivity index (χ0) is 19.7. The van der Waals surface area contributed by atoms with Crippen LogP contribution in [0, 0.1) is 12.7 Å². The smallest absolute Gasteiger partial charge is 0.254 e. The van der Waals surface area contributed by atoms with Gasteiger partial charge in [-0.2, -0.15) is 4.98 Å². The van der Waals surface area contributed by atoms with E-state index in [1.165, 1.54) is 6.07 Å². The van der Waals surface area contributed by atoms with Gasteiger partial charge < -0.3 is 15.1 Å². The van der Waals surface area contributed by atoms with E-state index in [1.54, 1.807) is 24.0 Å². The number of amides is 1. The molecule has 1 aromatic heterocycles. The predicted molar refractivity (Wildman–Crippen MR) is 108 cm³/mol. The summed E-state index contributed by atoms with van der Waals surface area (Å²) < 4.78 is 13.8. The Bertz CT molecular complexity index is 1030. The van der Waals surface area contributed by atoms with Gasteiger partial charge in [-0.05, 0) is 36.8 Å². The molecule has 2 heterocycles. The SMILES string of the molecule is CNc1nc(N2CCN(C(=O)c3ccc(C)c(F)c3)CC2)nc2ccccc12. The minimum atomic E-state index is -0.353. The number of halogens is 1. The van der Waals surface area contributed by atoms with E-state index >= 15 is 0 Å². The Morgan fingerprint density at radius 3 is 2.54 bits per heavy atom. The van der Waals surface area contributed by atoms with Gasteiger partial charge in [0, 0.05) is 44.2 Å². The lowest BCUT2D eigenvalue weighted by Crippen LogP contribution is -2.49. The number of nitrogens with zero attached hydrogens (tertiary/aromatic N) is 4. The maximum absolute atomic E-state index is 13.8. The molecule has 0 bridgehead atoms. The number of aryl methyl sites for hydroxylation is 1. The molecule has 144 valence electrons. The van der Waals surface area contributed by atoms with Crippen molar-refractivity contribution in [1.29, 1.82) is 0 Å². The van der Waals surface area contributed by atoms with Gasteiger partial charge in [-0.1, -0.05) is 18.2 Å². The van der Waals surface area contributed by atoms with Crippen LogP contribution in [0.4, 0.5) is 16.2 Å². The third-order valence-corrected chi connectivity index (χ3v) is 5.10. The number of fused-ring (bicyclic) bond motifs is 1. The van der Waals surface area contributed by atoms with Crippen molar-refractivity contribution in [3.63, 3.8) is 0 Å². The third kappa shape index (κ3) is 3.35. The van der Waals surface area contributed by atoms with E-state index in [2.05, 4.69) is 20.2 Å². The first-order chi connectivity index (χ1) is 13.6. The first kappa shape index (κ1) is 18.2. The molecule has 2 aromatic carbocycles. The fourth-order valence-electron chi connectivity index (χ4n) is 3.41.